The molecule has 1 unspecified atom stereocenters. The van der Waals surface area contributed by atoms with Crippen molar-refractivity contribution in [1.29, 1.82) is 0 Å². The van der Waals surface area contributed by atoms with E-state index in [0.29, 0.717) is 12.5 Å². The van der Waals surface area contributed by atoms with Gasteiger partial charge in [-0.25, -0.2) is 0 Å². The summed E-state index contributed by atoms with van der Waals surface area (Å²) in [6, 6.07) is 11.7. The number of carbonyl (C=O) groups is 1. The fourth-order valence-corrected chi connectivity index (χ4v) is 3.03. The van der Waals surface area contributed by atoms with E-state index in [-0.39, 0.29) is 18.1 Å². The van der Waals surface area contributed by atoms with Crippen LogP contribution in [0, 0.1) is 6.92 Å². The fourth-order valence-electron chi connectivity index (χ4n) is 3.03. The lowest BCUT2D eigenvalue weighted by Gasteiger charge is -2.35. The number of rotatable bonds is 6. The molecule has 25 heavy (non-hydrogen) atoms. The molecular weight excluding hydrogens is 318 g/mol. The molecule has 1 aromatic heterocycles. The molecule has 1 atom stereocenters. The summed E-state index contributed by atoms with van der Waals surface area (Å²) in [5.41, 5.74) is 1.94. The highest BCUT2D eigenvalue weighted by atomic mass is 16.5. The number of benzene rings is 1. The van der Waals surface area contributed by atoms with E-state index in [0.717, 1.165) is 31.6 Å². The first-order valence-electron chi connectivity index (χ1n) is 8.75. The van der Waals surface area contributed by atoms with Crippen LogP contribution in [0.15, 0.2) is 40.9 Å². The predicted octanol–water partition coefficient (Wildman–Crippen LogP) is 2.99. The molecule has 1 amide bonds. The molecule has 0 spiro atoms. The van der Waals surface area contributed by atoms with Crippen LogP contribution in [0.25, 0.3) is 0 Å². The van der Waals surface area contributed by atoms with Crippen molar-refractivity contribution in [3.8, 4) is 0 Å². The van der Waals surface area contributed by atoms with E-state index < -0.39 is 0 Å². The Labute approximate surface area is 148 Å². The summed E-state index contributed by atoms with van der Waals surface area (Å²) < 4.78 is 11.0. The van der Waals surface area contributed by atoms with E-state index in [1.165, 1.54) is 5.56 Å². The van der Waals surface area contributed by atoms with Crippen molar-refractivity contribution in [2.24, 2.45) is 0 Å². The van der Waals surface area contributed by atoms with E-state index in [9.17, 15) is 4.79 Å². The van der Waals surface area contributed by atoms with E-state index in [4.69, 9.17) is 9.26 Å². The van der Waals surface area contributed by atoms with E-state index >= 15 is 0 Å². The van der Waals surface area contributed by atoms with Crippen molar-refractivity contribution in [3.05, 3.63) is 47.7 Å². The lowest BCUT2D eigenvalue weighted by atomic mass is 10.1. The molecular formula is C19H25N3O3. The average molecular weight is 343 g/mol. The number of nitrogens with zero attached hydrogens (tertiary/aromatic N) is 2. The third-order valence-corrected chi connectivity index (χ3v) is 4.61. The van der Waals surface area contributed by atoms with Crippen LogP contribution in [0.2, 0.25) is 0 Å². The first kappa shape index (κ1) is 17.6. The van der Waals surface area contributed by atoms with Crippen LogP contribution in [-0.4, -0.2) is 41.2 Å². The maximum atomic E-state index is 12.3. The Morgan fingerprint density at radius 2 is 2.08 bits per heavy atom. The van der Waals surface area contributed by atoms with E-state index in [2.05, 4.69) is 27.5 Å². The molecule has 0 saturated carbocycles. The third kappa shape index (κ3) is 4.90. The Morgan fingerprint density at radius 1 is 1.36 bits per heavy atom. The standard InChI is InChI=1S/C19H25N3O3/c1-14-12-18(25-21-14)20-19(23)15(2)22-10-8-17(9-11-22)24-13-16-6-4-3-5-7-16/h3-7,12,15,17H,8-11,13H2,1-2H3,(H,20,23). The molecule has 134 valence electrons. The van der Waals surface area contributed by atoms with Gasteiger partial charge in [0.15, 0.2) is 0 Å². The number of aromatic nitrogens is 1. The summed E-state index contributed by atoms with van der Waals surface area (Å²) in [5.74, 6) is 0.329. The highest BCUT2D eigenvalue weighted by Gasteiger charge is 2.27. The summed E-state index contributed by atoms with van der Waals surface area (Å²) >= 11 is 0. The van der Waals surface area contributed by atoms with Crippen molar-refractivity contribution >= 4 is 11.8 Å². The molecule has 2 aromatic rings. The quantitative estimate of drug-likeness (QED) is 0.873. The summed E-state index contributed by atoms with van der Waals surface area (Å²) in [4.78, 5) is 14.5. The highest BCUT2D eigenvalue weighted by molar-refractivity contribution is 5.93. The van der Waals surface area contributed by atoms with Crippen LogP contribution in [0.4, 0.5) is 5.88 Å². The molecule has 0 bridgehead atoms. The van der Waals surface area contributed by atoms with Gasteiger partial charge in [0.05, 0.1) is 24.4 Å². The van der Waals surface area contributed by atoms with Crippen LogP contribution in [-0.2, 0) is 16.1 Å². The zero-order chi connectivity index (χ0) is 17.6. The minimum absolute atomic E-state index is 0.0696. The second-order valence-corrected chi connectivity index (χ2v) is 6.53. The first-order chi connectivity index (χ1) is 12.1. The lowest BCUT2D eigenvalue weighted by Crippen LogP contribution is -2.47. The van der Waals surface area contributed by atoms with Gasteiger partial charge in [0.25, 0.3) is 0 Å². The van der Waals surface area contributed by atoms with Gasteiger partial charge < -0.3 is 9.26 Å². The van der Waals surface area contributed by atoms with Gasteiger partial charge in [-0.3, -0.25) is 15.0 Å². The molecule has 6 nitrogen and oxygen atoms in total. The molecule has 1 saturated heterocycles. The third-order valence-electron chi connectivity index (χ3n) is 4.61. The molecule has 2 heterocycles. The summed E-state index contributed by atoms with van der Waals surface area (Å²) in [6.45, 7) is 6.09. The summed E-state index contributed by atoms with van der Waals surface area (Å²) in [5, 5.41) is 6.55. The van der Waals surface area contributed by atoms with Crippen molar-refractivity contribution < 1.29 is 14.1 Å². The summed E-state index contributed by atoms with van der Waals surface area (Å²) in [7, 11) is 0. The molecule has 1 fully saturated rings. The minimum Gasteiger partial charge on any atom is -0.373 e. The number of ether oxygens (including phenoxy) is 1. The van der Waals surface area contributed by atoms with Crippen molar-refractivity contribution in [1.82, 2.24) is 10.1 Å². The van der Waals surface area contributed by atoms with Gasteiger partial charge in [-0.15, -0.1) is 0 Å². The second-order valence-electron chi connectivity index (χ2n) is 6.53. The Morgan fingerprint density at radius 3 is 2.72 bits per heavy atom. The van der Waals surface area contributed by atoms with Gasteiger partial charge in [0.2, 0.25) is 11.8 Å². The normalized spacial score (nSPS) is 17.4. The van der Waals surface area contributed by atoms with Gasteiger partial charge >= 0.3 is 0 Å². The van der Waals surface area contributed by atoms with Gasteiger partial charge in [-0.1, -0.05) is 35.5 Å². The van der Waals surface area contributed by atoms with Crippen LogP contribution in [0.1, 0.15) is 31.0 Å². The average Bonchev–Trinajstić information content (AvgIpc) is 3.05. The number of amides is 1. The van der Waals surface area contributed by atoms with E-state index in [1.54, 1.807) is 6.07 Å². The van der Waals surface area contributed by atoms with Crippen molar-refractivity contribution in [3.63, 3.8) is 0 Å². The van der Waals surface area contributed by atoms with Crippen LogP contribution in [0.5, 0.6) is 0 Å². The zero-order valence-electron chi connectivity index (χ0n) is 14.8. The Kier molecular flexibility index (Phi) is 5.83. The van der Waals surface area contributed by atoms with Crippen molar-refractivity contribution in [2.45, 2.75) is 45.4 Å². The molecule has 0 aliphatic carbocycles. The molecule has 1 aliphatic heterocycles. The summed E-state index contributed by atoms with van der Waals surface area (Å²) in [6.07, 6.45) is 2.13. The second kappa shape index (κ2) is 8.27. The number of carbonyl (C=O) groups excluding carboxylic acids is 1. The molecule has 6 heteroatoms. The monoisotopic (exact) mass is 343 g/mol. The topological polar surface area (TPSA) is 67.6 Å². The molecule has 1 aliphatic rings. The minimum atomic E-state index is -0.208. The van der Waals surface area contributed by atoms with Gasteiger partial charge in [0, 0.05) is 19.2 Å². The maximum absolute atomic E-state index is 12.3. The number of likely N-dealkylation sites (tertiary alicyclic amines) is 1. The largest absolute Gasteiger partial charge is 0.373 e. The van der Waals surface area contributed by atoms with Crippen LogP contribution < -0.4 is 5.32 Å². The first-order valence-corrected chi connectivity index (χ1v) is 8.75. The number of nitrogens with one attached hydrogen (secondary N) is 1. The number of anilines is 1. The van der Waals surface area contributed by atoms with Crippen LogP contribution in [0.3, 0.4) is 0 Å². The molecule has 3 rings (SSSR count). The maximum Gasteiger partial charge on any atom is 0.243 e. The molecule has 1 N–H and O–H groups in total. The number of aryl methyl sites for hydroxylation is 1. The SMILES string of the molecule is Cc1cc(NC(=O)C(C)N2CCC(OCc3ccccc3)CC2)on1. The predicted molar refractivity (Wildman–Crippen MR) is 95.2 cm³/mol. The van der Waals surface area contributed by atoms with Gasteiger partial charge in [-0.05, 0) is 32.3 Å². The lowest BCUT2D eigenvalue weighted by molar-refractivity contribution is -0.122. The van der Waals surface area contributed by atoms with Crippen molar-refractivity contribution in [2.75, 3.05) is 18.4 Å². The van der Waals surface area contributed by atoms with Gasteiger partial charge in [0.1, 0.15) is 0 Å². The fraction of sp³-hybridized carbons (Fsp3) is 0.474. The smallest absolute Gasteiger partial charge is 0.243 e. The highest BCUT2D eigenvalue weighted by Crippen LogP contribution is 2.18. The molecule has 0 radical (unpaired) electrons. The molecule has 1 aromatic carbocycles. The Bertz CT molecular complexity index is 678. The Hall–Kier alpha value is -2.18. The van der Waals surface area contributed by atoms with E-state index in [1.807, 2.05) is 32.0 Å². The number of hydrogen-bond donors (Lipinski definition) is 1. The van der Waals surface area contributed by atoms with Crippen LogP contribution >= 0.6 is 0 Å². The zero-order valence-corrected chi connectivity index (χ0v) is 14.8. The number of hydrogen-bond acceptors (Lipinski definition) is 5. The number of piperidine rings is 1. The Balaban J connectivity index is 1.42. The van der Waals surface area contributed by atoms with Gasteiger partial charge in [-0.2, -0.15) is 0 Å².